The van der Waals surface area contributed by atoms with Gasteiger partial charge < -0.3 is 15.6 Å². The van der Waals surface area contributed by atoms with Crippen LogP contribution in [0.1, 0.15) is 17.2 Å². The summed E-state index contributed by atoms with van der Waals surface area (Å²) in [5.74, 6) is 1.18. The number of hydrogen-bond donors (Lipinski definition) is 3. The Hall–Kier alpha value is -2.01. The molecule has 0 fully saturated rings. The van der Waals surface area contributed by atoms with Gasteiger partial charge in [0.1, 0.15) is 11.6 Å². The van der Waals surface area contributed by atoms with E-state index in [1.165, 1.54) is 0 Å². The van der Waals surface area contributed by atoms with Crippen molar-refractivity contribution in [3.8, 4) is 5.75 Å². The summed E-state index contributed by atoms with van der Waals surface area (Å²) >= 11 is 0. The fourth-order valence-corrected chi connectivity index (χ4v) is 1.70. The number of aromatic amines is 1. The van der Waals surface area contributed by atoms with E-state index in [9.17, 15) is 5.11 Å². The zero-order valence-electron chi connectivity index (χ0n) is 9.55. The van der Waals surface area contributed by atoms with Crippen molar-refractivity contribution >= 4 is 5.82 Å². The lowest BCUT2D eigenvalue weighted by Crippen LogP contribution is -2.03. The number of aliphatic hydroxyl groups excluding tert-OH is 1. The van der Waals surface area contributed by atoms with Crippen LogP contribution in [0.2, 0.25) is 0 Å². The molecule has 0 saturated carbocycles. The molecule has 1 unspecified atom stereocenters. The second-order valence-electron chi connectivity index (χ2n) is 3.81. The fraction of sp³-hybridized carbons (Fsp3) is 0.250. The van der Waals surface area contributed by atoms with Crippen LogP contribution in [0.4, 0.5) is 5.82 Å². The van der Waals surface area contributed by atoms with E-state index in [-0.39, 0.29) is 0 Å². The van der Waals surface area contributed by atoms with Gasteiger partial charge in [0, 0.05) is 12.0 Å². The first-order chi connectivity index (χ1) is 8.20. The van der Waals surface area contributed by atoms with Gasteiger partial charge in [-0.2, -0.15) is 5.10 Å². The summed E-state index contributed by atoms with van der Waals surface area (Å²) in [6.45, 7) is 0. The van der Waals surface area contributed by atoms with Crippen LogP contribution in [0, 0.1) is 0 Å². The van der Waals surface area contributed by atoms with E-state index >= 15 is 0 Å². The number of aliphatic hydroxyl groups is 1. The highest BCUT2D eigenvalue weighted by atomic mass is 16.5. The van der Waals surface area contributed by atoms with Crippen molar-refractivity contribution in [1.82, 2.24) is 10.2 Å². The molecule has 17 heavy (non-hydrogen) atoms. The predicted octanol–water partition coefficient (Wildman–Crippen LogP) is 1.28. The van der Waals surface area contributed by atoms with Crippen LogP contribution in [0.5, 0.6) is 5.75 Å². The number of ether oxygens (including phenoxy) is 1. The largest absolute Gasteiger partial charge is 0.497 e. The minimum absolute atomic E-state index is 0.403. The van der Waals surface area contributed by atoms with Crippen molar-refractivity contribution in [2.45, 2.75) is 12.5 Å². The van der Waals surface area contributed by atoms with Gasteiger partial charge in [0.05, 0.1) is 19.4 Å². The van der Waals surface area contributed by atoms with Crippen LogP contribution in [0.3, 0.4) is 0 Å². The Balaban J connectivity index is 2.13. The van der Waals surface area contributed by atoms with Gasteiger partial charge in [-0.1, -0.05) is 12.1 Å². The predicted molar refractivity (Wildman–Crippen MR) is 64.7 cm³/mol. The third kappa shape index (κ3) is 2.57. The Bertz CT molecular complexity index is 496. The summed E-state index contributed by atoms with van der Waals surface area (Å²) in [4.78, 5) is 0. The molecule has 2 aromatic rings. The molecule has 1 atom stereocenters. The maximum Gasteiger partial charge on any atom is 0.124 e. The molecule has 0 amide bonds. The van der Waals surface area contributed by atoms with Gasteiger partial charge in [-0.05, 0) is 17.7 Å². The highest BCUT2D eigenvalue weighted by Gasteiger charge is 2.13. The topological polar surface area (TPSA) is 84.2 Å². The SMILES string of the molecule is COc1cccc(CC(O)c2cn[nH]c2N)c1. The van der Waals surface area contributed by atoms with Crippen molar-refractivity contribution in [3.63, 3.8) is 0 Å². The first-order valence-corrected chi connectivity index (χ1v) is 5.30. The molecule has 0 spiro atoms. The summed E-state index contributed by atoms with van der Waals surface area (Å²) in [5.41, 5.74) is 7.25. The minimum atomic E-state index is -0.666. The van der Waals surface area contributed by atoms with E-state index in [1.807, 2.05) is 24.3 Å². The number of H-pyrrole nitrogens is 1. The molecule has 1 aromatic heterocycles. The van der Waals surface area contributed by atoms with E-state index in [2.05, 4.69) is 10.2 Å². The number of nitrogens with zero attached hydrogens (tertiary/aromatic N) is 1. The van der Waals surface area contributed by atoms with Crippen molar-refractivity contribution in [1.29, 1.82) is 0 Å². The van der Waals surface area contributed by atoms with E-state index in [0.717, 1.165) is 11.3 Å². The summed E-state index contributed by atoms with van der Waals surface area (Å²) in [6.07, 6.45) is 1.35. The number of nitrogens with one attached hydrogen (secondary N) is 1. The molecule has 2 rings (SSSR count). The number of nitrogen functional groups attached to an aromatic ring is 1. The first-order valence-electron chi connectivity index (χ1n) is 5.30. The number of rotatable bonds is 4. The molecule has 0 aliphatic heterocycles. The Morgan fingerprint density at radius 3 is 3.00 bits per heavy atom. The molecule has 0 bridgehead atoms. The van der Waals surface area contributed by atoms with Crippen LogP contribution in [0.15, 0.2) is 30.5 Å². The average molecular weight is 233 g/mol. The Morgan fingerprint density at radius 1 is 1.53 bits per heavy atom. The third-order valence-electron chi connectivity index (χ3n) is 2.62. The first kappa shape index (κ1) is 11.5. The van der Waals surface area contributed by atoms with E-state index in [4.69, 9.17) is 10.5 Å². The molecular formula is C12H15N3O2. The van der Waals surface area contributed by atoms with Gasteiger partial charge >= 0.3 is 0 Å². The normalized spacial score (nSPS) is 12.4. The zero-order valence-corrected chi connectivity index (χ0v) is 9.55. The summed E-state index contributed by atoms with van der Waals surface area (Å²) in [7, 11) is 1.61. The van der Waals surface area contributed by atoms with Crippen molar-refractivity contribution in [3.05, 3.63) is 41.6 Å². The second-order valence-corrected chi connectivity index (χ2v) is 3.81. The lowest BCUT2D eigenvalue weighted by Gasteiger charge is -2.10. The third-order valence-corrected chi connectivity index (χ3v) is 2.62. The van der Waals surface area contributed by atoms with Crippen LogP contribution in [0.25, 0.3) is 0 Å². The molecule has 4 N–H and O–H groups in total. The molecule has 0 aliphatic carbocycles. The van der Waals surface area contributed by atoms with Gasteiger partial charge in [0.2, 0.25) is 0 Å². The smallest absolute Gasteiger partial charge is 0.124 e. The van der Waals surface area contributed by atoms with Crippen LogP contribution in [-0.4, -0.2) is 22.4 Å². The summed E-state index contributed by atoms with van der Waals surface area (Å²) in [6, 6.07) is 7.57. The number of methoxy groups -OCH3 is 1. The molecule has 0 radical (unpaired) electrons. The number of aromatic nitrogens is 2. The van der Waals surface area contributed by atoms with Gasteiger partial charge in [-0.15, -0.1) is 0 Å². The van der Waals surface area contributed by atoms with E-state index in [0.29, 0.717) is 17.8 Å². The molecule has 1 aromatic carbocycles. The van der Waals surface area contributed by atoms with E-state index in [1.54, 1.807) is 13.3 Å². The quantitative estimate of drug-likeness (QED) is 0.742. The molecular weight excluding hydrogens is 218 g/mol. The van der Waals surface area contributed by atoms with Gasteiger partial charge in [0.25, 0.3) is 0 Å². The second kappa shape index (κ2) is 4.88. The van der Waals surface area contributed by atoms with Crippen molar-refractivity contribution in [2.24, 2.45) is 0 Å². The average Bonchev–Trinajstić information content (AvgIpc) is 2.76. The highest BCUT2D eigenvalue weighted by molar-refractivity contribution is 5.39. The van der Waals surface area contributed by atoms with Gasteiger partial charge in [-0.3, -0.25) is 5.10 Å². The lowest BCUT2D eigenvalue weighted by atomic mass is 10.0. The maximum absolute atomic E-state index is 10.0. The Kier molecular flexibility index (Phi) is 3.30. The summed E-state index contributed by atoms with van der Waals surface area (Å²) in [5, 5.41) is 16.4. The van der Waals surface area contributed by atoms with Crippen LogP contribution >= 0.6 is 0 Å². The standard InChI is InChI=1S/C12H15N3O2/c1-17-9-4-2-3-8(5-9)6-11(16)10-7-14-15-12(10)13/h2-5,7,11,16H,6H2,1H3,(H3,13,14,15). The molecule has 90 valence electrons. The van der Waals surface area contributed by atoms with E-state index < -0.39 is 6.10 Å². The van der Waals surface area contributed by atoms with Crippen molar-refractivity contribution in [2.75, 3.05) is 12.8 Å². The Morgan fingerprint density at radius 2 is 2.35 bits per heavy atom. The summed E-state index contributed by atoms with van der Waals surface area (Å²) < 4.78 is 5.13. The Labute approximate surface area is 99.2 Å². The number of hydrogen-bond acceptors (Lipinski definition) is 4. The molecule has 0 aliphatic rings. The highest BCUT2D eigenvalue weighted by Crippen LogP contribution is 2.23. The number of benzene rings is 1. The fourth-order valence-electron chi connectivity index (χ4n) is 1.70. The van der Waals surface area contributed by atoms with Crippen molar-refractivity contribution < 1.29 is 9.84 Å². The number of nitrogens with two attached hydrogens (primary N) is 1. The van der Waals surface area contributed by atoms with Gasteiger partial charge in [0.15, 0.2) is 0 Å². The van der Waals surface area contributed by atoms with Crippen LogP contribution in [-0.2, 0) is 6.42 Å². The molecule has 0 saturated heterocycles. The molecule has 1 heterocycles. The molecule has 5 heteroatoms. The molecule has 5 nitrogen and oxygen atoms in total. The van der Waals surface area contributed by atoms with Crippen LogP contribution < -0.4 is 10.5 Å². The monoisotopic (exact) mass is 233 g/mol. The minimum Gasteiger partial charge on any atom is -0.497 e. The number of anilines is 1. The lowest BCUT2D eigenvalue weighted by molar-refractivity contribution is 0.179. The zero-order chi connectivity index (χ0) is 12.3. The maximum atomic E-state index is 10.0. The van der Waals surface area contributed by atoms with Gasteiger partial charge in [-0.25, -0.2) is 0 Å².